The Kier molecular flexibility index (Phi) is 3.76. The fraction of sp³-hybridized carbons (Fsp3) is 0.333. The van der Waals surface area contributed by atoms with E-state index in [0.717, 1.165) is 3.57 Å². The molecule has 0 aliphatic carbocycles. The Hall–Kier alpha value is -0.0651. The molecule has 1 aromatic carbocycles. The number of benzene rings is 1. The third kappa shape index (κ3) is 2.69. The molecule has 70 valence electrons. The van der Waals surface area contributed by atoms with Gasteiger partial charge in [-0.2, -0.15) is 0 Å². The Bertz CT molecular complexity index is 300. The molecule has 0 saturated heterocycles. The van der Waals surface area contributed by atoms with E-state index in [1.165, 1.54) is 5.56 Å². The van der Waals surface area contributed by atoms with Gasteiger partial charge < -0.3 is 10.0 Å². The summed E-state index contributed by atoms with van der Waals surface area (Å²) < 4.78 is 0.902. The molecule has 2 nitrogen and oxygen atoms in total. The maximum Gasteiger partial charge on any atom is 0.489 e. The van der Waals surface area contributed by atoms with Crippen LogP contribution in [-0.4, -0.2) is 17.2 Å². The first kappa shape index (κ1) is 11.0. The van der Waals surface area contributed by atoms with Crippen LogP contribution in [0.5, 0.6) is 0 Å². The van der Waals surface area contributed by atoms with Crippen LogP contribution in [0.15, 0.2) is 18.2 Å². The molecular weight excluding hydrogens is 278 g/mol. The first-order valence-electron chi connectivity index (χ1n) is 4.18. The van der Waals surface area contributed by atoms with Gasteiger partial charge in [0, 0.05) is 3.57 Å². The van der Waals surface area contributed by atoms with E-state index < -0.39 is 7.12 Å². The van der Waals surface area contributed by atoms with E-state index in [9.17, 15) is 0 Å². The van der Waals surface area contributed by atoms with Gasteiger partial charge in [-0.05, 0) is 45.6 Å². The average molecular weight is 290 g/mol. The summed E-state index contributed by atoms with van der Waals surface area (Å²) in [5, 5.41) is 18.0. The maximum absolute atomic E-state index is 8.98. The third-order valence-corrected chi connectivity index (χ3v) is 2.90. The number of rotatable bonds is 2. The molecule has 2 N–H and O–H groups in total. The molecule has 0 aromatic heterocycles. The highest BCUT2D eigenvalue weighted by Crippen LogP contribution is 2.15. The standard InChI is InChI=1S/C9H12BIO2/c1-6(2)7-3-4-8(10(12)13)9(11)5-7/h3-6,12-13H,1-2H3. The minimum absolute atomic E-state index is 0.471. The van der Waals surface area contributed by atoms with Crippen molar-refractivity contribution in [3.05, 3.63) is 27.3 Å². The molecule has 0 saturated carbocycles. The van der Waals surface area contributed by atoms with Crippen LogP contribution in [0.1, 0.15) is 25.3 Å². The Labute approximate surface area is 92.3 Å². The second kappa shape index (κ2) is 4.44. The second-order valence-corrected chi connectivity index (χ2v) is 4.47. The quantitative estimate of drug-likeness (QED) is 0.632. The minimum atomic E-state index is -1.37. The molecule has 0 bridgehead atoms. The fourth-order valence-electron chi connectivity index (χ4n) is 1.11. The zero-order valence-corrected chi connectivity index (χ0v) is 9.82. The summed E-state index contributed by atoms with van der Waals surface area (Å²) >= 11 is 2.11. The maximum atomic E-state index is 8.98. The SMILES string of the molecule is CC(C)c1ccc(B(O)O)c(I)c1. The van der Waals surface area contributed by atoms with Crippen LogP contribution in [0.3, 0.4) is 0 Å². The zero-order valence-electron chi connectivity index (χ0n) is 7.66. The van der Waals surface area contributed by atoms with Crippen molar-refractivity contribution in [2.45, 2.75) is 19.8 Å². The van der Waals surface area contributed by atoms with Crippen LogP contribution in [-0.2, 0) is 0 Å². The molecule has 0 heterocycles. The normalized spacial score (nSPS) is 10.6. The predicted octanol–water partition coefficient (Wildman–Crippen LogP) is 1.09. The van der Waals surface area contributed by atoms with Crippen molar-refractivity contribution in [1.82, 2.24) is 0 Å². The highest BCUT2D eigenvalue weighted by Gasteiger charge is 2.15. The molecular formula is C9H12BIO2. The third-order valence-electron chi connectivity index (χ3n) is 1.97. The van der Waals surface area contributed by atoms with Gasteiger partial charge in [0.2, 0.25) is 0 Å². The summed E-state index contributed by atoms with van der Waals surface area (Å²) in [6.07, 6.45) is 0. The van der Waals surface area contributed by atoms with E-state index >= 15 is 0 Å². The Morgan fingerprint density at radius 3 is 2.31 bits per heavy atom. The monoisotopic (exact) mass is 290 g/mol. The molecule has 0 aliphatic rings. The molecule has 1 rings (SSSR count). The minimum Gasteiger partial charge on any atom is -0.423 e. The lowest BCUT2D eigenvalue weighted by Gasteiger charge is -2.08. The topological polar surface area (TPSA) is 40.5 Å². The molecule has 0 aliphatic heterocycles. The number of hydrogen-bond acceptors (Lipinski definition) is 2. The fourth-order valence-corrected chi connectivity index (χ4v) is 1.93. The molecule has 0 amide bonds. The largest absolute Gasteiger partial charge is 0.489 e. The van der Waals surface area contributed by atoms with Crippen LogP contribution in [0.2, 0.25) is 0 Å². The summed E-state index contributed by atoms with van der Waals surface area (Å²) in [7, 11) is -1.37. The first-order chi connectivity index (χ1) is 6.02. The molecule has 0 fully saturated rings. The van der Waals surface area contributed by atoms with Gasteiger partial charge in [0.1, 0.15) is 0 Å². The summed E-state index contributed by atoms with van der Waals surface area (Å²) in [5.74, 6) is 0.471. The lowest BCUT2D eigenvalue weighted by Crippen LogP contribution is -2.32. The highest BCUT2D eigenvalue weighted by molar-refractivity contribution is 14.1. The van der Waals surface area contributed by atoms with Gasteiger partial charge in [0.15, 0.2) is 0 Å². The Morgan fingerprint density at radius 2 is 1.92 bits per heavy atom. The summed E-state index contributed by atoms with van der Waals surface area (Å²) in [4.78, 5) is 0. The highest BCUT2D eigenvalue weighted by atomic mass is 127. The lowest BCUT2D eigenvalue weighted by molar-refractivity contribution is 0.425. The first-order valence-corrected chi connectivity index (χ1v) is 5.25. The van der Waals surface area contributed by atoms with Crippen LogP contribution in [0.25, 0.3) is 0 Å². The van der Waals surface area contributed by atoms with Crippen molar-refractivity contribution in [3.8, 4) is 0 Å². The van der Waals surface area contributed by atoms with Crippen LogP contribution in [0.4, 0.5) is 0 Å². The van der Waals surface area contributed by atoms with E-state index in [4.69, 9.17) is 10.0 Å². The van der Waals surface area contributed by atoms with Gasteiger partial charge in [0.05, 0.1) is 0 Å². The van der Waals surface area contributed by atoms with Crippen molar-refractivity contribution in [2.24, 2.45) is 0 Å². The van der Waals surface area contributed by atoms with Crippen molar-refractivity contribution < 1.29 is 10.0 Å². The molecule has 4 heteroatoms. The summed E-state index contributed by atoms with van der Waals surface area (Å²) in [6.45, 7) is 4.22. The van der Waals surface area contributed by atoms with E-state index in [0.29, 0.717) is 11.4 Å². The average Bonchev–Trinajstić information content (AvgIpc) is 2.03. The van der Waals surface area contributed by atoms with Gasteiger partial charge in [-0.3, -0.25) is 0 Å². The molecule has 0 spiro atoms. The van der Waals surface area contributed by atoms with E-state index in [1.807, 2.05) is 12.1 Å². The van der Waals surface area contributed by atoms with Crippen molar-refractivity contribution in [2.75, 3.05) is 0 Å². The van der Waals surface area contributed by atoms with Crippen LogP contribution in [0, 0.1) is 3.57 Å². The lowest BCUT2D eigenvalue weighted by atomic mass is 9.79. The van der Waals surface area contributed by atoms with Crippen molar-refractivity contribution in [3.63, 3.8) is 0 Å². The van der Waals surface area contributed by atoms with E-state index in [1.54, 1.807) is 6.07 Å². The zero-order chi connectivity index (χ0) is 10.0. The molecule has 1 aromatic rings. The van der Waals surface area contributed by atoms with Gasteiger partial charge in [-0.1, -0.05) is 26.0 Å². The summed E-state index contributed by atoms with van der Waals surface area (Å²) in [6, 6.07) is 5.68. The second-order valence-electron chi connectivity index (χ2n) is 3.31. The van der Waals surface area contributed by atoms with Gasteiger partial charge in [-0.15, -0.1) is 0 Å². The number of halogens is 1. The predicted molar refractivity (Wildman–Crippen MR) is 63.1 cm³/mol. The molecule has 13 heavy (non-hydrogen) atoms. The van der Waals surface area contributed by atoms with Crippen LogP contribution >= 0.6 is 22.6 Å². The van der Waals surface area contributed by atoms with Crippen molar-refractivity contribution in [1.29, 1.82) is 0 Å². The number of hydrogen-bond donors (Lipinski definition) is 2. The van der Waals surface area contributed by atoms with Gasteiger partial charge >= 0.3 is 7.12 Å². The molecule has 0 atom stereocenters. The molecule has 0 radical (unpaired) electrons. The Balaban J connectivity index is 3.06. The van der Waals surface area contributed by atoms with Crippen LogP contribution < -0.4 is 5.46 Å². The smallest absolute Gasteiger partial charge is 0.423 e. The van der Waals surface area contributed by atoms with Crippen molar-refractivity contribution >= 4 is 35.2 Å². The molecule has 0 unspecified atom stereocenters. The Morgan fingerprint density at radius 1 is 1.31 bits per heavy atom. The van der Waals surface area contributed by atoms with E-state index in [-0.39, 0.29) is 0 Å². The van der Waals surface area contributed by atoms with E-state index in [2.05, 4.69) is 36.4 Å². The summed E-state index contributed by atoms with van der Waals surface area (Å²) in [5.41, 5.74) is 1.79. The van der Waals surface area contributed by atoms with Gasteiger partial charge in [0.25, 0.3) is 0 Å². The van der Waals surface area contributed by atoms with Gasteiger partial charge in [-0.25, -0.2) is 0 Å².